The number of carbonyl (C=O) groups is 2. The summed E-state index contributed by atoms with van der Waals surface area (Å²) in [6, 6.07) is 0. The molecule has 0 aromatic heterocycles. The predicted octanol–water partition coefficient (Wildman–Crippen LogP) is 13.5. The third-order valence-electron chi connectivity index (χ3n) is 8.53. The number of hydrogen-bond acceptors (Lipinski definition) is 3. The van der Waals surface area contributed by atoms with E-state index in [4.69, 9.17) is 9.84 Å². The van der Waals surface area contributed by atoms with Crippen molar-refractivity contribution >= 4 is 11.9 Å². The predicted molar refractivity (Wildman–Crippen MR) is 188 cm³/mol. The second kappa shape index (κ2) is 39.0. The minimum Gasteiger partial charge on any atom is -0.481 e. The van der Waals surface area contributed by atoms with E-state index in [1.807, 2.05) is 6.92 Å². The molecular formula is C39H78O4. The lowest BCUT2D eigenvalue weighted by molar-refractivity contribution is -0.148. The third kappa shape index (κ3) is 43.1. The second-order valence-electron chi connectivity index (χ2n) is 13.2. The van der Waals surface area contributed by atoms with Gasteiger partial charge in [0.05, 0.1) is 6.10 Å². The van der Waals surface area contributed by atoms with Crippen LogP contribution in [-0.2, 0) is 14.3 Å². The van der Waals surface area contributed by atoms with Gasteiger partial charge >= 0.3 is 11.9 Å². The highest BCUT2D eigenvalue weighted by atomic mass is 16.5. The molecule has 0 radical (unpaired) electrons. The zero-order valence-corrected chi connectivity index (χ0v) is 29.9. The zero-order chi connectivity index (χ0) is 32.1. The third-order valence-corrected chi connectivity index (χ3v) is 8.53. The highest BCUT2D eigenvalue weighted by Crippen LogP contribution is 2.15. The van der Waals surface area contributed by atoms with Crippen LogP contribution in [0.2, 0.25) is 0 Å². The minimum atomic E-state index is -0.655. The van der Waals surface area contributed by atoms with E-state index in [-0.39, 0.29) is 12.1 Å². The monoisotopic (exact) mass is 611 g/mol. The summed E-state index contributed by atoms with van der Waals surface area (Å²) in [6.45, 7) is 8.76. The first-order valence-electron chi connectivity index (χ1n) is 19.4. The van der Waals surface area contributed by atoms with Gasteiger partial charge < -0.3 is 9.84 Å². The summed E-state index contributed by atoms with van der Waals surface area (Å²) >= 11 is 0. The van der Waals surface area contributed by atoms with Gasteiger partial charge in [-0.25, -0.2) is 0 Å². The van der Waals surface area contributed by atoms with Crippen LogP contribution in [0, 0.1) is 0 Å². The Bertz CT molecular complexity index is 547. The number of carboxylic acids is 1. The Morgan fingerprint density at radius 3 is 1.05 bits per heavy atom. The van der Waals surface area contributed by atoms with Gasteiger partial charge in [0.2, 0.25) is 0 Å². The van der Waals surface area contributed by atoms with Crippen LogP contribution < -0.4 is 0 Å². The molecule has 0 rings (SSSR count). The van der Waals surface area contributed by atoms with E-state index < -0.39 is 5.97 Å². The Hall–Kier alpha value is -1.06. The quantitative estimate of drug-likeness (QED) is 0.0593. The van der Waals surface area contributed by atoms with Gasteiger partial charge in [-0.2, -0.15) is 0 Å². The Labute approximate surface area is 270 Å². The minimum absolute atomic E-state index is 0.00655. The molecule has 0 fully saturated rings. The van der Waals surface area contributed by atoms with E-state index in [9.17, 15) is 9.59 Å². The lowest BCUT2D eigenvalue weighted by Crippen LogP contribution is -2.14. The lowest BCUT2D eigenvalue weighted by atomic mass is 10.0. The van der Waals surface area contributed by atoms with Gasteiger partial charge in [0.25, 0.3) is 0 Å². The molecule has 0 amide bonds. The number of aliphatic carboxylic acids is 1. The summed E-state index contributed by atoms with van der Waals surface area (Å²) in [5.74, 6) is -0.648. The van der Waals surface area contributed by atoms with Crippen molar-refractivity contribution in [1.82, 2.24) is 0 Å². The number of carboxylic acid groups (broad SMARTS) is 1. The first-order valence-corrected chi connectivity index (χ1v) is 19.4. The average Bonchev–Trinajstić information content (AvgIpc) is 2.98. The molecule has 0 saturated carbocycles. The summed E-state index contributed by atoms with van der Waals surface area (Å²) in [6.07, 6.45) is 40.0. The molecule has 0 saturated heterocycles. The molecule has 0 aromatic carbocycles. The molecule has 258 valence electrons. The number of rotatable bonds is 33. The van der Waals surface area contributed by atoms with Crippen molar-refractivity contribution in [3.8, 4) is 0 Å². The lowest BCUT2D eigenvalue weighted by Gasteiger charge is -2.12. The van der Waals surface area contributed by atoms with Crippen LogP contribution in [0.15, 0.2) is 0 Å². The molecule has 43 heavy (non-hydrogen) atoms. The number of unbranched alkanes of at least 4 members (excludes halogenated alkanes) is 26. The van der Waals surface area contributed by atoms with Crippen molar-refractivity contribution in [3.63, 3.8) is 0 Å². The second-order valence-corrected chi connectivity index (χ2v) is 13.2. The van der Waals surface area contributed by atoms with Crippen LogP contribution in [0.25, 0.3) is 0 Å². The summed E-state index contributed by atoms with van der Waals surface area (Å²) in [5, 5.41) is 8.49. The fourth-order valence-electron chi connectivity index (χ4n) is 5.61. The Kier molecular flexibility index (Phi) is 39.9. The first kappa shape index (κ1) is 44.1. The van der Waals surface area contributed by atoms with Crippen LogP contribution in [-0.4, -0.2) is 23.1 Å². The number of ether oxygens (including phenoxy) is 1. The SMILES string of the molecule is CCCCCCCCCCCCCCCC(=O)O.CCCCCCCCCCCCCCCC(=O)OC(C)CCCCC. The zero-order valence-electron chi connectivity index (χ0n) is 29.9. The van der Waals surface area contributed by atoms with Crippen LogP contribution in [0.4, 0.5) is 0 Å². The maximum Gasteiger partial charge on any atom is 0.306 e. The molecule has 0 aliphatic heterocycles. The van der Waals surface area contributed by atoms with E-state index in [0.717, 1.165) is 25.7 Å². The maximum atomic E-state index is 11.8. The number of carbonyl (C=O) groups excluding carboxylic acids is 1. The average molecular weight is 611 g/mol. The fourth-order valence-corrected chi connectivity index (χ4v) is 5.61. The standard InChI is InChI=1S/C23H46O2.C16H32O2/c1-4-6-8-9-10-11-12-13-14-15-16-17-19-21-23(24)25-22(3)20-18-7-5-2;1-2-3-4-5-6-7-8-9-10-11-12-13-14-15-16(17)18/h22H,4-21H2,1-3H3;2-15H2,1H3,(H,17,18). The fraction of sp³-hybridized carbons (Fsp3) is 0.949. The smallest absolute Gasteiger partial charge is 0.306 e. The Balaban J connectivity index is 0. The van der Waals surface area contributed by atoms with Crippen molar-refractivity contribution in [2.24, 2.45) is 0 Å². The van der Waals surface area contributed by atoms with E-state index in [1.165, 1.54) is 167 Å². The van der Waals surface area contributed by atoms with E-state index in [0.29, 0.717) is 12.8 Å². The summed E-state index contributed by atoms with van der Waals surface area (Å²) in [4.78, 5) is 22.1. The molecule has 0 aliphatic rings. The van der Waals surface area contributed by atoms with Gasteiger partial charge in [-0.1, -0.05) is 188 Å². The Morgan fingerprint density at radius 1 is 0.442 bits per heavy atom. The van der Waals surface area contributed by atoms with Gasteiger partial charge in [0.15, 0.2) is 0 Å². The van der Waals surface area contributed by atoms with E-state index in [1.54, 1.807) is 0 Å². The van der Waals surface area contributed by atoms with Gasteiger partial charge in [-0.3, -0.25) is 9.59 Å². The van der Waals surface area contributed by atoms with Crippen molar-refractivity contribution in [1.29, 1.82) is 0 Å². The molecule has 4 heteroatoms. The maximum absolute atomic E-state index is 11.8. The summed E-state index contributed by atoms with van der Waals surface area (Å²) in [7, 11) is 0. The number of esters is 1. The van der Waals surface area contributed by atoms with Crippen molar-refractivity contribution < 1.29 is 19.4 Å². The molecule has 0 aromatic rings. The van der Waals surface area contributed by atoms with Crippen molar-refractivity contribution in [3.05, 3.63) is 0 Å². The van der Waals surface area contributed by atoms with Crippen LogP contribution in [0.5, 0.6) is 0 Å². The van der Waals surface area contributed by atoms with Crippen LogP contribution in [0.1, 0.15) is 233 Å². The van der Waals surface area contributed by atoms with Crippen molar-refractivity contribution in [2.75, 3.05) is 0 Å². The van der Waals surface area contributed by atoms with Gasteiger partial charge in [-0.05, 0) is 32.6 Å². The molecule has 0 spiro atoms. The summed E-state index contributed by atoms with van der Waals surface area (Å²) < 4.78 is 5.47. The van der Waals surface area contributed by atoms with Gasteiger partial charge in [0, 0.05) is 12.8 Å². The van der Waals surface area contributed by atoms with Crippen LogP contribution in [0.3, 0.4) is 0 Å². The largest absolute Gasteiger partial charge is 0.481 e. The van der Waals surface area contributed by atoms with Gasteiger partial charge in [-0.15, -0.1) is 0 Å². The van der Waals surface area contributed by atoms with Gasteiger partial charge in [0.1, 0.15) is 0 Å². The first-order chi connectivity index (χ1) is 21.0. The molecule has 4 nitrogen and oxygen atoms in total. The highest BCUT2D eigenvalue weighted by molar-refractivity contribution is 5.69. The summed E-state index contributed by atoms with van der Waals surface area (Å²) in [5.41, 5.74) is 0. The van der Waals surface area contributed by atoms with E-state index in [2.05, 4.69) is 20.8 Å². The molecule has 0 aliphatic carbocycles. The molecule has 1 unspecified atom stereocenters. The number of hydrogen-bond donors (Lipinski definition) is 1. The van der Waals surface area contributed by atoms with E-state index >= 15 is 0 Å². The highest BCUT2D eigenvalue weighted by Gasteiger charge is 2.08. The molecular weight excluding hydrogens is 532 g/mol. The molecule has 1 atom stereocenters. The topological polar surface area (TPSA) is 63.6 Å². The molecule has 0 heterocycles. The van der Waals surface area contributed by atoms with Crippen LogP contribution >= 0.6 is 0 Å². The van der Waals surface area contributed by atoms with Crippen molar-refractivity contribution in [2.45, 2.75) is 239 Å². The normalized spacial score (nSPS) is 11.6. The molecule has 1 N–H and O–H groups in total. The Morgan fingerprint density at radius 2 is 0.721 bits per heavy atom. The molecule has 0 bridgehead atoms.